The maximum atomic E-state index is 13.0. The molecular weight excluding hydrogens is 352 g/mol. The molecule has 1 unspecified atom stereocenters. The van der Waals surface area contributed by atoms with Crippen LogP contribution >= 0.6 is 0 Å². The van der Waals surface area contributed by atoms with Crippen LogP contribution in [-0.4, -0.2) is 57.8 Å². The maximum Gasteiger partial charge on any atom is 0.222 e. The third kappa shape index (κ3) is 4.58. The van der Waals surface area contributed by atoms with Crippen molar-refractivity contribution in [3.8, 4) is 0 Å². The molecule has 154 valence electrons. The highest BCUT2D eigenvalue weighted by atomic mass is 16.2. The van der Waals surface area contributed by atoms with Crippen LogP contribution in [0.3, 0.4) is 0 Å². The molecule has 1 N–H and O–H groups in total. The second-order valence-corrected chi connectivity index (χ2v) is 9.27. The zero-order chi connectivity index (χ0) is 19.4. The molecule has 28 heavy (non-hydrogen) atoms. The minimum Gasteiger partial charge on any atom is -0.348 e. The van der Waals surface area contributed by atoms with E-state index in [0.29, 0.717) is 18.2 Å². The Balaban J connectivity index is 1.34. The van der Waals surface area contributed by atoms with Gasteiger partial charge in [-0.2, -0.15) is 0 Å². The maximum absolute atomic E-state index is 13.0. The largest absolute Gasteiger partial charge is 0.348 e. The molecule has 1 atom stereocenters. The highest BCUT2D eigenvalue weighted by Gasteiger charge is 2.42. The van der Waals surface area contributed by atoms with E-state index in [2.05, 4.69) is 14.9 Å². The number of amides is 2. The van der Waals surface area contributed by atoms with Gasteiger partial charge in [-0.05, 0) is 38.0 Å². The molecule has 6 nitrogen and oxygen atoms in total. The van der Waals surface area contributed by atoms with E-state index in [-0.39, 0.29) is 11.3 Å². The Hall–Kier alpha value is -1.85. The first-order valence-electron chi connectivity index (χ1n) is 11.2. The Kier molecular flexibility index (Phi) is 6.02. The van der Waals surface area contributed by atoms with Crippen molar-refractivity contribution in [3.63, 3.8) is 0 Å². The Morgan fingerprint density at radius 3 is 2.82 bits per heavy atom. The van der Waals surface area contributed by atoms with Gasteiger partial charge in [-0.25, -0.2) is 4.98 Å². The summed E-state index contributed by atoms with van der Waals surface area (Å²) in [5, 5.41) is 0. The molecule has 3 heterocycles. The molecule has 4 rings (SSSR count). The predicted molar refractivity (Wildman–Crippen MR) is 108 cm³/mol. The summed E-state index contributed by atoms with van der Waals surface area (Å²) in [6, 6.07) is 0. The lowest BCUT2D eigenvalue weighted by molar-refractivity contribution is -0.143. The van der Waals surface area contributed by atoms with Crippen LogP contribution in [0.25, 0.3) is 0 Å². The number of rotatable bonds is 5. The second-order valence-electron chi connectivity index (χ2n) is 9.27. The highest BCUT2D eigenvalue weighted by molar-refractivity contribution is 5.78. The van der Waals surface area contributed by atoms with Crippen molar-refractivity contribution in [2.75, 3.05) is 26.2 Å². The normalized spacial score (nSPS) is 26.8. The van der Waals surface area contributed by atoms with Crippen LogP contribution in [0, 0.1) is 11.3 Å². The van der Waals surface area contributed by atoms with Crippen LogP contribution in [0.4, 0.5) is 0 Å². The number of H-pyrrole nitrogens is 1. The molecule has 6 heteroatoms. The van der Waals surface area contributed by atoms with E-state index in [0.717, 1.165) is 64.0 Å². The van der Waals surface area contributed by atoms with E-state index in [4.69, 9.17) is 0 Å². The molecule has 3 fully saturated rings. The number of aromatic nitrogens is 2. The van der Waals surface area contributed by atoms with Crippen LogP contribution in [0.2, 0.25) is 0 Å². The first-order valence-corrected chi connectivity index (χ1v) is 11.2. The average Bonchev–Trinajstić information content (AvgIpc) is 3.23. The molecule has 1 saturated carbocycles. The van der Waals surface area contributed by atoms with Gasteiger partial charge in [0, 0.05) is 62.7 Å². The van der Waals surface area contributed by atoms with Gasteiger partial charge in [0.1, 0.15) is 0 Å². The van der Waals surface area contributed by atoms with Crippen molar-refractivity contribution in [1.29, 1.82) is 0 Å². The number of hydrogen-bond acceptors (Lipinski definition) is 3. The van der Waals surface area contributed by atoms with Crippen molar-refractivity contribution in [3.05, 3.63) is 18.2 Å². The summed E-state index contributed by atoms with van der Waals surface area (Å²) < 4.78 is 0. The number of nitrogens with one attached hydrogen (secondary N) is 1. The van der Waals surface area contributed by atoms with E-state index in [1.165, 1.54) is 32.1 Å². The molecule has 0 bridgehead atoms. The molecule has 0 aromatic carbocycles. The lowest BCUT2D eigenvalue weighted by Gasteiger charge is -2.48. The summed E-state index contributed by atoms with van der Waals surface area (Å²) in [6.07, 6.45) is 15.2. The lowest BCUT2D eigenvalue weighted by atomic mass is 9.73. The van der Waals surface area contributed by atoms with Gasteiger partial charge in [-0.15, -0.1) is 0 Å². The van der Waals surface area contributed by atoms with Crippen LogP contribution in [0.1, 0.15) is 69.9 Å². The van der Waals surface area contributed by atoms with Crippen LogP contribution in [-0.2, 0) is 16.0 Å². The zero-order valence-electron chi connectivity index (χ0n) is 17.0. The van der Waals surface area contributed by atoms with Gasteiger partial charge in [0.2, 0.25) is 11.8 Å². The fourth-order valence-corrected chi connectivity index (χ4v) is 5.50. The number of piperidine rings is 2. The summed E-state index contributed by atoms with van der Waals surface area (Å²) >= 11 is 0. The average molecular weight is 387 g/mol. The second kappa shape index (κ2) is 8.66. The fraction of sp³-hybridized carbons (Fsp3) is 0.773. The fourth-order valence-electron chi connectivity index (χ4n) is 5.50. The third-order valence-electron chi connectivity index (χ3n) is 7.16. The number of hydrogen-bond donors (Lipinski definition) is 1. The van der Waals surface area contributed by atoms with E-state index < -0.39 is 0 Å². The first kappa shape index (κ1) is 19.5. The van der Waals surface area contributed by atoms with E-state index in [9.17, 15) is 9.59 Å². The summed E-state index contributed by atoms with van der Waals surface area (Å²) in [4.78, 5) is 36.8. The Morgan fingerprint density at radius 1 is 1.18 bits per heavy atom. The van der Waals surface area contributed by atoms with Gasteiger partial charge >= 0.3 is 0 Å². The Labute approximate surface area is 168 Å². The number of aromatic amines is 1. The van der Waals surface area contributed by atoms with Gasteiger partial charge < -0.3 is 14.8 Å². The lowest BCUT2D eigenvalue weighted by Crippen LogP contribution is -2.55. The van der Waals surface area contributed by atoms with Crippen LogP contribution in [0.5, 0.6) is 0 Å². The molecule has 2 aliphatic heterocycles. The molecular formula is C22H34N4O2. The third-order valence-corrected chi connectivity index (χ3v) is 7.16. The smallest absolute Gasteiger partial charge is 0.222 e. The SMILES string of the molecule is O=C1CCC2(CCCN(C(=O)CC3CCCCC3)C2)CN1CCc1cnc[nH]1. The molecule has 3 aliphatic rings. The molecule has 0 radical (unpaired) electrons. The molecule has 2 saturated heterocycles. The molecule has 1 aliphatic carbocycles. The minimum absolute atomic E-state index is 0.0996. The van der Waals surface area contributed by atoms with Crippen molar-refractivity contribution in [1.82, 2.24) is 19.8 Å². The van der Waals surface area contributed by atoms with Crippen LogP contribution < -0.4 is 0 Å². The summed E-state index contributed by atoms with van der Waals surface area (Å²) in [7, 11) is 0. The van der Waals surface area contributed by atoms with Crippen molar-refractivity contribution < 1.29 is 9.59 Å². The van der Waals surface area contributed by atoms with Gasteiger partial charge in [0.05, 0.1) is 6.33 Å². The monoisotopic (exact) mass is 386 g/mol. The number of carbonyl (C=O) groups is 2. The minimum atomic E-state index is 0.0996. The van der Waals surface area contributed by atoms with Gasteiger partial charge in [-0.1, -0.05) is 19.3 Å². The quantitative estimate of drug-likeness (QED) is 0.845. The highest BCUT2D eigenvalue weighted by Crippen LogP contribution is 2.39. The van der Waals surface area contributed by atoms with E-state index in [1.54, 1.807) is 6.33 Å². The van der Waals surface area contributed by atoms with E-state index in [1.807, 2.05) is 11.1 Å². The predicted octanol–water partition coefficient (Wildman–Crippen LogP) is 3.15. The molecule has 1 spiro atoms. The summed E-state index contributed by atoms with van der Waals surface area (Å²) in [6.45, 7) is 3.27. The Morgan fingerprint density at radius 2 is 2.04 bits per heavy atom. The number of likely N-dealkylation sites (tertiary alicyclic amines) is 2. The van der Waals surface area contributed by atoms with Crippen molar-refractivity contribution in [2.24, 2.45) is 11.3 Å². The van der Waals surface area contributed by atoms with Crippen LogP contribution in [0.15, 0.2) is 12.5 Å². The first-order chi connectivity index (χ1) is 13.6. The number of imidazole rings is 1. The number of carbonyl (C=O) groups excluding carboxylic acids is 2. The molecule has 2 amide bonds. The topological polar surface area (TPSA) is 69.3 Å². The summed E-state index contributed by atoms with van der Waals surface area (Å²) in [5.74, 6) is 1.21. The van der Waals surface area contributed by atoms with Gasteiger partial charge in [0.15, 0.2) is 0 Å². The van der Waals surface area contributed by atoms with Gasteiger partial charge in [0.25, 0.3) is 0 Å². The molecule has 1 aromatic rings. The van der Waals surface area contributed by atoms with E-state index >= 15 is 0 Å². The Bertz CT molecular complexity index is 668. The number of nitrogens with zero attached hydrogens (tertiary/aromatic N) is 3. The standard InChI is InChI=1S/C22H34N4O2/c27-20-7-10-22(16-26(20)12-8-19-14-23-17-24-19)9-4-11-25(15-22)21(28)13-18-5-2-1-3-6-18/h14,17-18H,1-13,15-16H2,(H,23,24). The van der Waals surface area contributed by atoms with Crippen molar-refractivity contribution in [2.45, 2.75) is 70.6 Å². The van der Waals surface area contributed by atoms with Crippen molar-refractivity contribution >= 4 is 11.8 Å². The van der Waals surface area contributed by atoms with Gasteiger partial charge in [-0.3, -0.25) is 9.59 Å². The molecule has 1 aromatic heterocycles. The zero-order valence-corrected chi connectivity index (χ0v) is 17.0. The summed E-state index contributed by atoms with van der Waals surface area (Å²) in [5.41, 5.74) is 1.17.